The SMILES string of the molecule is Cc1nn(C)c(C)c1S(=O)(=O)NCC1CCCNC1.Cl. The van der Waals surface area contributed by atoms with Crippen LogP contribution < -0.4 is 10.0 Å². The van der Waals surface area contributed by atoms with E-state index in [9.17, 15) is 8.42 Å². The fraction of sp³-hybridized carbons (Fsp3) is 0.750. The van der Waals surface area contributed by atoms with Crippen LogP contribution in [0, 0.1) is 19.8 Å². The van der Waals surface area contributed by atoms with Gasteiger partial charge in [0.15, 0.2) is 0 Å². The first-order valence-electron chi connectivity index (χ1n) is 6.62. The lowest BCUT2D eigenvalue weighted by Gasteiger charge is -2.22. The van der Waals surface area contributed by atoms with Crippen LogP contribution in [0.5, 0.6) is 0 Å². The van der Waals surface area contributed by atoms with Crippen LogP contribution in [0.1, 0.15) is 24.2 Å². The summed E-state index contributed by atoms with van der Waals surface area (Å²) in [6.07, 6.45) is 2.18. The van der Waals surface area contributed by atoms with E-state index in [2.05, 4.69) is 15.1 Å². The van der Waals surface area contributed by atoms with E-state index in [1.807, 2.05) is 0 Å². The van der Waals surface area contributed by atoms with Gasteiger partial charge in [-0.25, -0.2) is 13.1 Å². The Kier molecular flexibility index (Phi) is 6.00. The molecule has 8 heteroatoms. The van der Waals surface area contributed by atoms with Gasteiger partial charge in [-0.2, -0.15) is 5.10 Å². The highest BCUT2D eigenvalue weighted by Crippen LogP contribution is 2.19. The molecular formula is C12H23ClN4O2S. The summed E-state index contributed by atoms with van der Waals surface area (Å²) in [6.45, 7) is 5.90. The summed E-state index contributed by atoms with van der Waals surface area (Å²) in [5.41, 5.74) is 1.22. The van der Waals surface area contributed by atoms with E-state index in [0.717, 1.165) is 25.9 Å². The maximum absolute atomic E-state index is 12.3. The van der Waals surface area contributed by atoms with Crippen LogP contribution in [-0.2, 0) is 17.1 Å². The van der Waals surface area contributed by atoms with E-state index in [1.54, 1.807) is 25.6 Å². The third-order valence-electron chi connectivity index (χ3n) is 3.67. The van der Waals surface area contributed by atoms with Crippen molar-refractivity contribution in [3.05, 3.63) is 11.4 Å². The first kappa shape index (κ1) is 17.4. The molecule has 0 aliphatic carbocycles. The summed E-state index contributed by atoms with van der Waals surface area (Å²) in [5, 5.41) is 7.44. The van der Waals surface area contributed by atoms with E-state index in [0.29, 0.717) is 28.7 Å². The van der Waals surface area contributed by atoms with Crippen molar-refractivity contribution in [1.82, 2.24) is 19.8 Å². The van der Waals surface area contributed by atoms with Gasteiger partial charge in [0.05, 0.1) is 11.4 Å². The number of nitrogens with zero attached hydrogens (tertiary/aromatic N) is 2. The van der Waals surface area contributed by atoms with Gasteiger partial charge in [-0.3, -0.25) is 4.68 Å². The van der Waals surface area contributed by atoms with Crippen molar-refractivity contribution in [2.75, 3.05) is 19.6 Å². The van der Waals surface area contributed by atoms with Gasteiger partial charge in [0.1, 0.15) is 4.90 Å². The van der Waals surface area contributed by atoms with E-state index in [4.69, 9.17) is 0 Å². The molecule has 1 aromatic heterocycles. The average molecular weight is 323 g/mol. The monoisotopic (exact) mass is 322 g/mol. The molecule has 1 aliphatic rings. The Bertz CT molecular complexity index is 550. The molecule has 2 N–H and O–H groups in total. The number of aromatic nitrogens is 2. The Morgan fingerprint density at radius 3 is 2.65 bits per heavy atom. The predicted molar refractivity (Wildman–Crippen MR) is 80.7 cm³/mol. The minimum atomic E-state index is -3.46. The summed E-state index contributed by atoms with van der Waals surface area (Å²) >= 11 is 0. The van der Waals surface area contributed by atoms with Crippen molar-refractivity contribution >= 4 is 22.4 Å². The van der Waals surface area contributed by atoms with Crippen LogP contribution in [0.15, 0.2) is 4.90 Å². The Labute approximate surface area is 126 Å². The Hall–Kier alpha value is -0.630. The largest absolute Gasteiger partial charge is 0.316 e. The number of nitrogens with one attached hydrogen (secondary N) is 2. The van der Waals surface area contributed by atoms with Gasteiger partial charge < -0.3 is 5.32 Å². The third kappa shape index (κ3) is 3.72. The highest BCUT2D eigenvalue weighted by molar-refractivity contribution is 7.89. The maximum atomic E-state index is 12.3. The Balaban J connectivity index is 0.00000200. The number of aryl methyl sites for hydroxylation is 2. The van der Waals surface area contributed by atoms with E-state index < -0.39 is 10.0 Å². The highest BCUT2D eigenvalue weighted by Gasteiger charge is 2.24. The standard InChI is InChI=1S/C12H22N4O2S.ClH/c1-9-12(10(2)16(3)15-9)19(17,18)14-8-11-5-4-6-13-7-11;/h11,13-14H,4-8H2,1-3H3;1H. The molecular weight excluding hydrogens is 300 g/mol. The topological polar surface area (TPSA) is 76.0 Å². The van der Waals surface area contributed by atoms with Gasteiger partial charge in [0, 0.05) is 13.6 Å². The third-order valence-corrected chi connectivity index (χ3v) is 5.35. The number of sulfonamides is 1. The molecule has 1 unspecified atom stereocenters. The van der Waals surface area contributed by atoms with E-state index in [1.165, 1.54) is 0 Å². The first-order chi connectivity index (χ1) is 8.92. The zero-order valence-electron chi connectivity index (χ0n) is 12.1. The molecule has 2 rings (SSSR count). The highest BCUT2D eigenvalue weighted by atomic mass is 35.5. The Morgan fingerprint density at radius 2 is 2.15 bits per heavy atom. The zero-order chi connectivity index (χ0) is 14.0. The minimum absolute atomic E-state index is 0. The summed E-state index contributed by atoms with van der Waals surface area (Å²) in [6, 6.07) is 0. The molecule has 6 nitrogen and oxygen atoms in total. The maximum Gasteiger partial charge on any atom is 0.244 e. The van der Waals surface area contributed by atoms with E-state index >= 15 is 0 Å². The number of rotatable bonds is 4. The van der Waals surface area contributed by atoms with Gasteiger partial charge >= 0.3 is 0 Å². The smallest absolute Gasteiger partial charge is 0.244 e. The fourth-order valence-electron chi connectivity index (χ4n) is 2.54. The number of hydrogen-bond acceptors (Lipinski definition) is 4. The van der Waals surface area contributed by atoms with Crippen LogP contribution in [0.3, 0.4) is 0 Å². The second-order valence-corrected chi connectivity index (χ2v) is 6.89. The molecule has 0 aromatic carbocycles. The summed E-state index contributed by atoms with van der Waals surface area (Å²) in [4.78, 5) is 0.318. The lowest BCUT2D eigenvalue weighted by atomic mass is 10.0. The van der Waals surface area contributed by atoms with Crippen molar-refractivity contribution in [3.63, 3.8) is 0 Å². The molecule has 20 heavy (non-hydrogen) atoms. The first-order valence-corrected chi connectivity index (χ1v) is 8.10. The molecule has 1 aromatic rings. The van der Waals surface area contributed by atoms with Crippen molar-refractivity contribution < 1.29 is 8.42 Å². The lowest BCUT2D eigenvalue weighted by molar-refractivity contribution is 0.376. The number of halogens is 1. The predicted octanol–water partition coefficient (Wildman–Crippen LogP) is 0.737. The van der Waals surface area contributed by atoms with E-state index in [-0.39, 0.29) is 12.4 Å². The van der Waals surface area contributed by atoms with Crippen molar-refractivity contribution in [1.29, 1.82) is 0 Å². The summed E-state index contributed by atoms with van der Waals surface area (Å²) < 4.78 is 29.0. The average Bonchev–Trinajstić information content (AvgIpc) is 2.63. The second-order valence-electron chi connectivity index (χ2n) is 5.19. The van der Waals surface area contributed by atoms with Crippen LogP contribution in [0.2, 0.25) is 0 Å². The van der Waals surface area contributed by atoms with Crippen molar-refractivity contribution in [2.24, 2.45) is 13.0 Å². The van der Waals surface area contributed by atoms with Gasteiger partial charge in [-0.1, -0.05) is 0 Å². The molecule has 116 valence electrons. The molecule has 0 bridgehead atoms. The van der Waals surface area contributed by atoms with Gasteiger partial charge in [-0.15, -0.1) is 12.4 Å². The van der Waals surface area contributed by atoms with Crippen LogP contribution >= 0.6 is 12.4 Å². The quantitative estimate of drug-likeness (QED) is 0.857. The number of hydrogen-bond donors (Lipinski definition) is 2. The summed E-state index contributed by atoms with van der Waals surface area (Å²) in [7, 11) is -1.70. The number of piperidine rings is 1. The molecule has 1 atom stereocenters. The van der Waals surface area contributed by atoms with Crippen molar-refractivity contribution in [3.8, 4) is 0 Å². The normalized spacial score (nSPS) is 19.6. The molecule has 1 aliphatic heterocycles. The fourth-order valence-corrected chi connectivity index (χ4v) is 4.09. The molecule has 1 fully saturated rings. The van der Waals surface area contributed by atoms with Gasteiger partial charge in [0.2, 0.25) is 10.0 Å². The Morgan fingerprint density at radius 1 is 1.45 bits per heavy atom. The lowest BCUT2D eigenvalue weighted by Crippen LogP contribution is -2.38. The minimum Gasteiger partial charge on any atom is -0.316 e. The second kappa shape index (κ2) is 6.89. The summed E-state index contributed by atoms with van der Waals surface area (Å²) in [5.74, 6) is 0.376. The van der Waals surface area contributed by atoms with Crippen molar-refractivity contribution in [2.45, 2.75) is 31.6 Å². The zero-order valence-corrected chi connectivity index (χ0v) is 13.8. The van der Waals surface area contributed by atoms with Crippen LogP contribution in [0.25, 0.3) is 0 Å². The van der Waals surface area contributed by atoms with Crippen LogP contribution in [0.4, 0.5) is 0 Å². The molecule has 0 amide bonds. The van der Waals surface area contributed by atoms with Gasteiger partial charge in [-0.05, 0) is 45.7 Å². The molecule has 0 spiro atoms. The molecule has 0 radical (unpaired) electrons. The molecule has 1 saturated heterocycles. The molecule has 2 heterocycles. The molecule has 0 saturated carbocycles. The van der Waals surface area contributed by atoms with Crippen LogP contribution in [-0.4, -0.2) is 37.8 Å². The van der Waals surface area contributed by atoms with Gasteiger partial charge in [0.25, 0.3) is 0 Å².